The summed E-state index contributed by atoms with van der Waals surface area (Å²) in [5.74, 6) is 0.339. The molecule has 4 rings (SSSR count). The predicted molar refractivity (Wildman–Crippen MR) is 144 cm³/mol. The lowest BCUT2D eigenvalue weighted by Crippen LogP contribution is -2.22. The zero-order valence-corrected chi connectivity index (χ0v) is 20.9. The topological polar surface area (TPSA) is 94.9 Å². The van der Waals surface area contributed by atoms with Crippen LogP contribution in [0.15, 0.2) is 60.9 Å². The van der Waals surface area contributed by atoms with Gasteiger partial charge in [0.2, 0.25) is 0 Å². The number of aromatic nitrogens is 2. The van der Waals surface area contributed by atoms with Gasteiger partial charge in [-0.15, -0.1) is 0 Å². The smallest absolute Gasteiger partial charge is 0.137 e. The number of aliphatic hydroxyl groups excluding tert-OH is 1. The van der Waals surface area contributed by atoms with Crippen molar-refractivity contribution in [3.8, 4) is 0 Å². The highest BCUT2D eigenvalue weighted by atomic mass is 16.2. The summed E-state index contributed by atoms with van der Waals surface area (Å²) in [6.07, 6.45) is 11.9. The number of H-pyrrole nitrogens is 2. The maximum atomic E-state index is 11.7. The molecule has 34 heavy (non-hydrogen) atoms. The molecule has 0 saturated heterocycles. The monoisotopic (exact) mass is 463 g/mol. The third kappa shape index (κ3) is 8.15. The van der Waals surface area contributed by atoms with Crippen LogP contribution < -0.4 is 5.73 Å². The maximum Gasteiger partial charge on any atom is 0.137 e. The van der Waals surface area contributed by atoms with Crippen LogP contribution in [-0.2, 0) is 17.6 Å². The Balaban J connectivity index is 0.000000224. The van der Waals surface area contributed by atoms with E-state index in [4.69, 9.17) is 10.8 Å². The van der Waals surface area contributed by atoms with Crippen molar-refractivity contribution >= 4 is 27.6 Å². The summed E-state index contributed by atoms with van der Waals surface area (Å²) in [5, 5.41) is 9.49. The molecule has 5 N–H and O–H groups in total. The van der Waals surface area contributed by atoms with Gasteiger partial charge in [-0.3, -0.25) is 4.79 Å². The Morgan fingerprint density at radius 3 is 1.97 bits per heavy atom. The number of hydrogen-bond acceptors (Lipinski definition) is 3. The van der Waals surface area contributed by atoms with Gasteiger partial charge >= 0.3 is 0 Å². The fourth-order valence-corrected chi connectivity index (χ4v) is 4.10. The highest BCUT2D eigenvalue weighted by Gasteiger charge is 2.09. The van der Waals surface area contributed by atoms with Gasteiger partial charge in [-0.25, -0.2) is 0 Å². The van der Waals surface area contributed by atoms with Gasteiger partial charge in [0.05, 0.1) is 0 Å². The van der Waals surface area contributed by atoms with Crippen molar-refractivity contribution in [1.82, 2.24) is 9.97 Å². The zero-order valence-electron chi connectivity index (χ0n) is 20.9. The largest absolute Gasteiger partial charge is 0.400 e. The Kier molecular flexibility index (Phi) is 12.1. The summed E-state index contributed by atoms with van der Waals surface area (Å²) >= 11 is 0. The summed E-state index contributed by atoms with van der Waals surface area (Å²) < 4.78 is 0. The second-order valence-corrected chi connectivity index (χ2v) is 8.64. The van der Waals surface area contributed by atoms with Gasteiger partial charge in [-0.05, 0) is 42.5 Å². The van der Waals surface area contributed by atoms with Crippen LogP contribution in [0.25, 0.3) is 21.8 Å². The van der Waals surface area contributed by atoms with E-state index in [1.54, 1.807) is 0 Å². The number of Topliss-reactive ketones (excluding diaryl/α,β-unsaturated/α-hetero) is 1. The molecule has 0 amide bonds. The van der Waals surface area contributed by atoms with Crippen LogP contribution >= 0.6 is 0 Å². The quantitative estimate of drug-likeness (QED) is 0.222. The standard InChI is InChI=1S/C14H20N2.C14H17NO.CH4O/c1-2-3-6-12(15)9-11-10-16-14-8-5-4-7-13(11)14;1-2-3-6-12(16)9-11-10-15-14-8-5-4-7-13(11)14;1-2/h4-5,7-8,10,12,16H,2-3,6,9,15H2,1H3;4-5,7-8,10,15H,2-3,6,9H2,1H3;2H,1H3. The van der Waals surface area contributed by atoms with E-state index >= 15 is 0 Å². The van der Waals surface area contributed by atoms with E-state index in [1.807, 2.05) is 24.4 Å². The normalized spacial score (nSPS) is 11.4. The molecule has 0 spiro atoms. The van der Waals surface area contributed by atoms with Gasteiger partial charge in [0.15, 0.2) is 0 Å². The SMILES string of the molecule is CCCCC(=O)Cc1c[nH]c2ccccc12.CCCCC(N)Cc1c[nH]c2ccccc12.CO. The zero-order chi connectivity index (χ0) is 24.8. The Morgan fingerprint density at radius 1 is 0.853 bits per heavy atom. The van der Waals surface area contributed by atoms with Gasteiger partial charge in [-0.2, -0.15) is 0 Å². The third-order valence-corrected chi connectivity index (χ3v) is 5.96. The van der Waals surface area contributed by atoms with Crippen LogP contribution in [0.4, 0.5) is 0 Å². The van der Waals surface area contributed by atoms with E-state index in [-0.39, 0.29) is 0 Å². The number of nitrogens with one attached hydrogen (secondary N) is 2. The Morgan fingerprint density at radius 2 is 1.38 bits per heavy atom. The van der Waals surface area contributed by atoms with Crippen molar-refractivity contribution in [3.63, 3.8) is 0 Å². The van der Waals surface area contributed by atoms with E-state index < -0.39 is 0 Å². The fraction of sp³-hybridized carbons (Fsp3) is 0.414. The number of aromatic amines is 2. The van der Waals surface area contributed by atoms with Crippen molar-refractivity contribution in [1.29, 1.82) is 0 Å². The number of nitrogens with two attached hydrogens (primary N) is 1. The summed E-state index contributed by atoms with van der Waals surface area (Å²) in [6.45, 7) is 4.32. The highest BCUT2D eigenvalue weighted by molar-refractivity contribution is 5.89. The number of aliphatic hydroxyl groups is 1. The lowest BCUT2D eigenvalue weighted by molar-refractivity contribution is -0.118. The van der Waals surface area contributed by atoms with Gasteiger partial charge in [0, 0.05) is 60.2 Å². The molecule has 2 aromatic heterocycles. The van der Waals surface area contributed by atoms with Gasteiger partial charge in [-0.1, -0.05) is 69.5 Å². The molecule has 1 atom stereocenters. The second-order valence-electron chi connectivity index (χ2n) is 8.64. The predicted octanol–water partition coefficient (Wildman–Crippen LogP) is 6.31. The maximum absolute atomic E-state index is 11.7. The minimum atomic E-state index is 0.291. The lowest BCUT2D eigenvalue weighted by Gasteiger charge is -2.09. The van der Waals surface area contributed by atoms with Crippen LogP contribution in [0.5, 0.6) is 0 Å². The molecule has 184 valence electrons. The summed E-state index contributed by atoms with van der Waals surface area (Å²) in [7, 11) is 1.00. The highest BCUT2D eigenvalue weighted by Crippen LogP contribution is 2.20. The number of hydrogen-bond donors (Lipinski definition) is 4. The van der Waals surface area contributed by atoms with E-state index in [0.717, 1.165) is 43.9 Å². The van der Waals surface area contributed by atoms with Gasteiger partial charge < -0.3 is 20.8 Å². The molecule has 0 aliphatic carbocycles. The first-order valence-electron chi connectivity index (χ1n) is 12.4. The van der Waals surface area contributed by atoms with Crippen LogP contribution in [-0.4, -0.2) is 34.0 Å². The number of benzene rings is 2. The number of ketones is 1. The van der Waals surface area contributed by atoms with Crippen LogP contribution in [0, 0.1) is 0 Å². The van der Waals surface area contributed by atoms with Crippen LogP contribution in [0.2, 0.25) is 0 Å². The van der Waals surface area contributed by atoms with Crippen molar-refractivity contribution in [2.45, 2.75) is 71.3 Å². The molecular weight excluding hydrogens is 422 g/mol. The number of rotatable bonds is 10. The Labute approximate surface area is 203 Å². The first-order chi connectivity index (χ1) is 16.6. The molecule has 0 aliphatic rings. The third-order valence-electron chi connectivity index (χ3n) is 5.96. The average molecular weight is 464 g/mol. The molecule has 0 radical (unpaired) electrons. The molecule has 5 heteroatoms. The second kappa shape index (κ2) is 15.1. The van der Waals surface area contributed by atoms with Crippen LogP contribution in [0.3, 0.4) is 0 Å². The first kappa shape index (κ1) is 27.4. The first-order valence-corrected chi connectivity index (χ1v) is 12.4. The number of fused-ring (bicyclic) bond motifs is 2. The number of para-hydroxylation sites is 2. The minimum absolute atomic E-state index is 0.291. The van der Waals surface area contributed by atoms with Crippen molar-refractivity contribution < 1.29 is 9.90 Å². The molecule has 4 aromatic rings. The molecule has 0 fully saturated rings. The summed E-state index contributed by atoms with van der Waals surface area (Å²) in [6, 6.07) is 16.8. The molecule has 0 aliphatic heterocycles. The van der Waals surface area contributed by atoms with E-state index in [0.29, 0.717) is 24.7 Å². The number of unbranched alkanes of at least 4 members (excludes halogenated alkanes) is 2. The molecule has 2 aromatic carbocycles. The number of carbonyl (C=O) groups excluding carboxylic acids is 1. The Bertz CT molecular complexity index is 1110. The molecule has 2 heterocycles. The number of carbonyl (C=O) groups is 1. The molecule has 1 unspecified atom stereocenters. The lowest BCUT2D eigenvalue weighted by atomic mass is 10.0. The molecule has 0 bridgehead atoms. The van der Waals surface area contributed by atoms with Crippen LogP contribution in [0.1, 0.15) is 63.5 Å². The molecular formula is C29H41N3O2. The van der Waals surface area contributed by atoms with Crippen molar-refractivity contribution in [3.05, 3.63) is 72.1 Å². The minimum Gasteiger partial charge on any atom is -0.400 e. The van der Waals surface area contributed by atoms with E-state index in [9.17, 15) is 4.79 Å². The van der Waals surface area contributed by atoms with Crippen molar-refractivity contribution in [2.75, 3.05) is 7.11 Å². The molecule has 5 nitrogen and oxygen atoms in total. The average Bonchev–Trinajstić information content (AvgIpc) is 3.47. The summed E-state index contributed by atoms with van der Waals surface area (Å²) in [5.41, 5.74) is 10.9. The fourth-order valence-electron chi connectivity index (χ4n) is 4.10. The Hall–Kier alpha value is -2.89. The van der Waals surface area contributed by atoms with E-state index in [1.165, 1.54) is 34.7 Å². The molecule has 0 saturated carbocycles. The van der Waals surface area contributed by atoms with Gasteiger partial charge in [0.25, 0.3) is 0 Å². The van der Waals surface area contributed by atoms with E-state index in [2.05, 4.69) is 60.3 Å². The summed E-state index contributed by atoms with van der Waals surface area (Å²) in [4.78, 5) is 18.2. The van der Waals surface area contributed by atoms with Gasteiger partial charge in [0.1, 0.15) is 5.78 Å². The van der Waals surface area contributed by atoms with Crippen molar-refractivity contribution in [2.24, 2.45) is 5.73 Å².